The van der Waals surface area contributed by atoms with Crippen molar-refractivity contribution in [1.82, 2.24) is 14.7 Å². The number of amides is 1. The van der Waals surface area contributed by atoms with E-state index in [0.29, 0.717) is 37.6 Å². The zero-order chi connectivity index (χ0) is 19.5. The first kappa shape index (κ1) is 18.0. The fourth-order valence-electron chi connectivity index (χ4n) is 3.38. The van der Waals surface area contributed by atoms with Gasteiger partial charge in [0, 0.05) is 26.2 Å². The summed E-state index contributed by atoms with van der Waals surface area (Å²) in [7, 11) is 1.53. The minimum Gasteiger partial charge on any atom is -0.493 e. The van der Waals surface area contributed by atoms with Crippen LogP contribution in [0.25, 0.3) is 5.69 Å². The zero-order valence-corrected chi connectivity index (χ0v) is 15.6. The molecule has 1 aromatic heterocycles. The summed E-state index contributed by atoms with van der Waals surface area (Å²) < 4.78 is 21.0. The molecule has 7 heteroatoms. The molecule has 2 heterocycles. The van der Waals surface area contributed by atoms with Crippen LogP contribution in [0.2, 0.25) is 0 Å². The first-order chi connectivity index (χ1) is 13.7. The van der Waals surface area contributed by atoms with E-state index < -0.39 is 0 Å². The lowest BCUT2D eigenvalue weighted by Gasteiger charge is -2.36. The largest absolute Gasteiger partial charge is 0.493 e. The van der Waals surface area contributed by atoms with Crippen molar-refractivity contribution in [1.29, 1.82) is 0 Å². The highest BCUT2D eigenvalue weighted by Gasteiger charge is 2.27. The predicted molar refractivity (Wildman–Crippen MR) is 105 cm³/mol. The molecule has 144 valence electrons. The number of carbonyl (C=O) groups is 1. The van der Waals surface area contributed by atoms with Gasteiger partial charge in [-0.2, -0.15) is 5.10 Å². The van der Waals surface area contributed by atoms with Gasteiger partial charge in [-0.05, 0) is 24.3 Å². The Labute approximate surface area is 162 Å². The molecule has 3 aromatic rings. The molecule has 6 nitrogen and oxygen atoms in total. The molecule has 0 atom stereocenters. The van der Waals surface area contributed by atoms with Crippen LogP contribution >= 0.6 is 0 Å². The summed E-state index contributed by atoms with van der Waals surface area (Å²) in [5.74, 6) is 0.00986. The Morgan fingerprint density at radius 2 is 1.68 bits per heavy atom. The van der Waals surface area contributed by atoms with Crippen LogP contribution in [0.4, 0.5) is 10.1 Å². The Morgan fingerprint density at radius 1 is 1.00 bits per heavy atom. The molecule has 0 saturated carbocycles. The third kappa shape index (κ3) is 3.43. The van der Waals surface area contributed by atoms with Crippen LogP contribution in [0.5, 0.6) is 5.75 Å². The monoisotopic (exact) mass is 380 g/mol. The number of ether oxygens (including phenoxy) is 1. The van der Waals surface area contributed by atoms with Crippen molar-refractivity contribution in [3.8, 4) is 11.4 Å². The molecule has 1 aliphatic rings. The molecule has 2 aromatic carbocycles. The molecule has 0 unspecified atom stereocenters. The number of methoxy groups -OCH3 is 1. The lowest BCUT2D eigenvalue weighted by atomic mass is 10.2. The van der Waals surface area contributed by atoms with E-state index in [1.807, 2.05) is 41.3 Å². The van der Waals surface area contributed by atoms with Crippen molar-refractivity contribution >= 4 is 11.6 Å². The zero-order valence-electron chi connectivity index (χ0n) is 15.6. The third-order valence-electron chi connectivity index (χ3n) is 4.88. The second-order valence-electron chi connectivity index (χ2n) is 6.56. The minimum absolute atomic E-state index is 0.181. The number of halogens is 1. The highest BCUT2D eigenvalue weighted by atomic mass is 19.1. The number of hydrogen-bond donors (Lipinski definition) is 0. The molecular formula is C21H21FN4O2. The average Bonchev–Trinajstić information content (AvgIpc) is 3.19. The Kier molecular flexibility index (Phi) is 4.97. The highest BCUT2D eigenvalue weighted by molar-refractivity contribution is 5.95. The Hall–Kier alpha value is -3.35. The van der Waals surface area contributed by atoms with Crippen molar-refractivity contribution in [2.75, 3.05) is 38.2 Å². The maximum absolute atomic E-state index is 14.0. The van der Waals surface area contributed by atoms with Gasteiger partial charge in [0.2, 0.25) is 0 Å². The van der Waals surface area contributed by atoms with E-state index in [9.17, 15) is 9.18 Å². The molecule has 1 fully saturated rings. The number of hydrogen-bond acceptors (Lipinski definition) is 4. The van der Waals surface area contributed by atoms with Crippen LogP contribution in [-0.2, 0) is 0 Å². The molecule has 1 amide bonds. The molecule has 0 spiro atoms. The summed E-state index contributed by atoms with van der Waals surface area (Å²) in [6, 6.07) is 16.3. The van der Waals surface area contributed by atoms with Gasteiger partial charge in [-0.1, -0.05) is 30.3 Å². The first-order valence-electron chi connectivity index (χ1n) is 9.15. The molecule has 1 saturated heterocycles. The van der Waals surface area contributed by atoms with Crippen molar-refractivity contribution < 1.29 is 13.9 Å². The lowest BCUT2D eigenvalue weighted by Crippen LogP contribution is -2.49. The number of piperazine rings is 1. The third-order valence-corrected chi connectivity index (χ3v) is 4.88. The topological polar surface area (TPSA) is 50.6 Å². The molecule has 28 heavy (non-hydrogen) atoms. The Bertz CT molecular complexity index is 966. The van der Waals surface area contributed by atoms with Crippen LogP contribution < -0.4 is 9.64 Å². The van der Waals surface area contributed by atoms with Gasteiger partial charge in [0.1, 0.15) is 5.82 Å². The summed E-state index contributed by atoms with van der Waals surface area (Å²) in [6.45, 7) is 2.12. The van der Waals surface area contributed by atoms with Gasteiger partial charge in [-0.3, -0.25) is 4.79 Å². The molecule has 0 bridgehead atoms. The fourth-order valence-corrected chi connectivity index (χ4v) is 3.38. The molecule has 0 aliphatic carbocycles. The summed E-state index contributed by atoms with van der Waals surface area (Å²) >= 11 is 0. The number of carbonyl (C=O) groups excluding carboxylic acids is 1. The fraction of sp³-hybridized carbons (Fsp3) is 0.238. The van der Waals surface area contributed by atoms with Crippen molar-refractivity contribution in [3.05, 3.63) is 72.3 Å². The first-order valence-corrected chi connectivity index (χ1v) is 9.15. The summed E-state index contributed by atoms with van der Waals surface area (Å²) in [5.41, 5.74) is 1.70. The number of nitrogens with zero attached hydrogens (tertiary/aromatic N) is 4. The summed E-state index contributed by atoms with van der Waals surface area (Å²) in [5, 5.41) is 4.44. The minimum atomic E-state index is -0.245. The van der Waals surface area contributed by atoms with E-state index in [1.54, 1.807) is 27.9 Å². The molecule has 4 rings (SSSR count). The van der Waals surface area contributed by atoms with Crippen molar-refractivity contribution in [3.63, 3.8) is 0 Å². The smallest absolute Gasteiger partial charge is 0.278 e. The van der Waals surface area contributed by atoms with Gasteiger partial charge < -0.3 is 14.5 Å². The SMILES string of the molecule is COc1cn(-c2ccccc2)nc1C(=O)N1CCN(c2ccccc2F)CC1. The second kappa shape index (κ2) is 7.72. The number of rotatable bonds is 4. The Balaban J connectivity index is 1.50. The van der Waals surface area contributed by atoms with E-state index >= 15 is 0 Å². The number of aromatic nitrogens is 2. The maximum atomic E-state index is 14.0. The van der Waals surface area contributed by atoms with E-state index in [2.05, 4.69) is 5.10 Å². The van der Waals surface area contributed by atoms with Crippen LogP contribution in [0, 0.1) is 5.82 Å². The van der Waals surface area contributed by atoms with Crippen LogP contribution in [0.3, 0.4) is 0 Å². The average molecular weight is 380 g/mol. The summed E-state index contributed by atoms with van der Waals surface area (Å²) in [4.78, 5) is 16.7. The predicted octanol–water partition coefficient (Wildman–Crippen LogP) is 2.98. The van der Waals surface area contributed by atoms with Gasteiger partial charge in [0.05, 0.1) is 24.7 Å². The molecule has 0 radical (unpaired) electrons. The molecule has 0 N–H and O–H groups in total. The highest BCUT2D eigenvalue weighted by Crippen LogP contribution is 2.24. The van der Waals surface area contributed by atoms with E-state index in [1.165, 1.54) is 13.2 Å². The normalized spacial score (nSPS) is 14.2. The van der Waals surface area contributed by atoms with E-state index in [4.69, 9.17) is 4.74 Å². The standard InChI is InChI=1S/C21H21FN4O2/c1-28-19-15-26(16-7-3-2-4-8-16)23-20(19)21(27)25-13-11-24(12-14-25)18-10-6-5-9-17(18)22/h2-10,15H,11-14H2,1H3. The van der Waals surface area contributed by atoms with Crippen molar-refractivity contribution in [2.45, 2.75) is 0 Å². The van der Waals surface area contributed by atoms with Crippen LogP contribution in [-0.4, -0.2) is 53.9 Å². The van der Waals surface area contributed by atoms with Gasteiger partial charge in [0.15, 0.2) is 11.4 Å². The second-order valence-corrected chi connectivity index (χ2v) is 6.56. The van der Waals surface area contributed by atoms with Crippen LogP contribution in [0.15, 0.2) is 60.8 Å². The van der Waals surface area contributed by atoms with Gasteiger partial charge in [-0.25, -0.2) is 9.07 Å². The van der Waals surface area contributed by atoms with E-state index in [-0.39, 0.29) is 17.4 Å². The van der Waals surface area contributed by atoms with Crippen LogP contribution in [0.1, 0.15) is 10.5 Å². The molecule has 1 aliphatic heterocycles. The maximum Gasteiger partial charge on any atom is 0.278 e. The molecular weight excluding hydrogens is 359 g/mol. The van der Waals surface area contributed by atoms with Gasteiger partial charge in [0.25, 0.3) is 5.91 Å². The number of anilines is 1. The quantitative estimate of drug-likeness (QED) is 0.698. The lowest BCUT2D eigenvalue weighted by molar-refractivity contribution is 0.0737. The van der Waals surface area contributed by atoms with Crippen molar-refractivity contribution in [2.24, 2.45) is 0 Å². The van der Waals surface area contributed by atoms with Gasteiger partial charge in [-0.15, -0.1) is 0 Å². The number of para-hydroxylation sites is 2. The number of benzene rings is 2. The summed E-state index contributed by atoms with van der Waals surface area (Å²) in [6.07, 6.45) is 1.71. The van der Waals surface area contributed by atoms with E-state index in [0.717, 1.165) is 5.69 Å². The van der Waals surface area contributed by atoms with Gasteiger partial charge >= 0.3 is 0 Å². The Morgan fingerprint density at radius 3 is 2.36 bits per heavy atom.